The van der Waals surface area contributed by atoms with Crippen molar-refractivity contribution in [2.24, 2.45) is 0 Å². The number of benzene rings is 1. The van der Waals surface area contributed by atoms with Crippen LogP contribution in [0.2, 0.25) is 0 Å². The van der Waals surface area contributed by atoms with Crippen molar-refractivity contribution in [1.29, 1.82) is 0 Å². The molecule has 8 nitrogen and oxygen atoms in total. The maximum Gasteiger partial charge on any atom is 0.265 e. The summed E-state index contributed by atoms with van der Waals surface area (Å²) in [5.74, 6) is 0.552. The highest BCUT2D eigenvalue weighted by atomic mass is 32.1. The van der Waals surface area contributed by atoms with Crippen LogP contribution in [0.3, 0.4) is 0 Å². The minimum Gasteiger partial charge on any atom is -0.384 e. The fourth-order valence-corrected chi connectivity index (χ4v) is 4.13. The van der Waals surface area contributed by atoms with Crippen molar-refractivity contribution in [2.75, 3.05) is 30.0 Å². The Morgan fingerprint density at radius 1 is 1.00 bits per heavy atom. The highest BCUT2D eigenvalue weighted by molar-refractivity contribution is 7.20. The monoisotopic (exact) mass is 446 g/mol. The zero-order valence-electron chi connectivity index (χ0n) is 17.6. The third-order valence-corrected chi connectivity index (χ3v) is 5.82. The van der Waals surface area contributed by atoms with Crippen LogP contribution in [0.1, 0.15) is 27.0 Å². The molecule has 1 aromatic carbocycles. The van der Waals surface area contributed by atoms with Gasteiger partial charge in [-0.1, -0.05) is 12.1 Å². The Morgan fingerprint density at radius 3 is 2.50 bits per heavy atom. The summed E-state index contributed by atoms with van der Waals surface area (Å²) in [6.45, 7) is 2.59. The number of nitrogen functional groups attached to an aromatic ring is 1. The summed E-state index contributed by atoms with van der Waals surface area (Å²) < 4.78 is 0. The molecule has 162 valence electrons. The van der Waals surface area contributed by atoms with E-state index in [9.17, 15) is 9.59 Å². The van der Waals surface area contributed by atoms with Crippen molar-refractivity contribution in [1.82, 2.24) is 15.3 Å². The zero-order chi connectivity index (χ0) is 22.7. The van der Waals surface area contributed by atoms with Gasteiger partial charge in [0.2, 0.25) is 0 Å². The molecule has 0 saturated carbocycles. The van der Waals surface area contributed by atoms with Gasteiger partial charge in [0, 0.05) is 30.2 Å². The van der Waals surface area contributed by atoms with Crippen LogP contribution >= 0.6 is 11.3 Å². The molecule has 4 aromatic rings. The molecule has 0 spiro atoms. The van der Waals surface area contributed by atoms with Gasteiger partial charge in [-0.15, -0.1) is 11.3 Å². The second-order valence-electron chi connectivity index (χ2n) is 6.97. The van der Waals surface area contributed by atoms with Crippen LogP contribution in [0.15, 0.2) is 54.6 Å². The molecule has 0 fully saturated rings. The van der Waals surface area contributed by atoms with E-state index in [0.717, 1.165) is 21.5 Å². The van der Waals surface area contributed by atoms with Gasteiger partial charge < -0.3 is 21.7 Å². The van der Waals surface area contributed by atoms with E-state index < -0.39 is 0 Å². The van der Waals surface area contributed by atoms with Crippen LogP contribution < -0.4 is 21.7 Å². The van der Waals surface area contributed by atoms with Gasteiger partial charge in [-0.05, 0) is 49.4 Å². The summed E-state index contributed by atoms with van der Waals surface area (Å²) in [7, 11) is 1.59. The normalized spacial score (nSPS) is 10.7. The lowest BCUT2D eigenvalue weighted by Crippen LogP contribution is -2.20. The van der Waals surface area contributed by atoms with Crippen LogP contribution in [0.25, 0.3) is 21.5 Å². The highest BCUT2D eigenvalue weighted by Crippen LogP contribution is 2.27. The smallest absolute Gasteiger partial charge is 0.265 e. The van der Waals surface area contributed by atoms with Crippen molar-refractivity contribution in [3.05, 3.63) is 65.0 Å². The zero-order valence-corrected chi connectivity index (χ0v) is 18.4. The number of fused-ring (bicyclic) bond motifs is 1. The number of nitrogens with two attached hydrogens (primary N) is 1. The minimum absolute atomic E-state index is 0.197. The van der Waals surface area contributed by atoms with Crippen molar-refractivity contribution < 1.29 is 9.59 Å². The third-order valence-electron chi connectivity index (χ3n) is 4.78. The summed E-state index contributed by atoms with van der Waals surface area (Å²) in [5, 5.41) is 9.54. The van der Waals surface area contributed by atoms with Crippen molar-refractivity contribution in [2.45, 2.75) is 6.92 Å². The van der Waals surface area contributed by atoms with Gasteiger partial charge in [-0.2, -0.15) is 0 Å². The Morgan fingerprint density at radius 2 is 1.78 bits per heavy atom. The molecule has 0 bridgehead atoms. The van der Waals surface area contributed by atoms with E-state index in [0.29, 0.717) is 34.3 Å². The number of hydrogen-bond donors (Lipinski definition) is 4. The number of nitrogens with one attached hydrogen (secondary N) is 3. The molecule has 3 heterocycles. The SMILES string of the molecule is CCNc1nc(-c2ccc(NC(=O)c3cc4ccc(N)nc4s3)cc2)ccc1C(=O)NC. The minimum atomic E-state index is -0.207. The second kappa shape index (κ2) is 9.03. The summed E-state index contributed by atoms with van der Waals surface area (Å²) >= 11 is 1.30. The van der Waals surface area contributed by atoms with Crippen LogP contribution in [0.5, 0.6) is 0 Å². The maximum atomic E-state index is 12.7. The number of thiophene rings is 1. The fourth-order valence-electron chi connectivity index (χ4n) is 3.20. The van der Waals surface area contributed by atoms with E-state index in [2.05, 4.69) is 25.9 Å². The number of aromatic nitrogens is 2. The number of nitrogens with zero attached hydrogens (tertiary/aromatic N) is 2. The summed E-state index contributed by atoms with van der Waals surface area (Å²) in [4.78, 5) is 34.8. The number of rotatable bonds is 6. The lowest BCUT2D eigenvalue weighted by atomic mass is 10.1. The van der Waals surface area contributed by atoms with Gasteiger partial charge in [0.25, 0.3) is 11.8 Å². The van der Waals surface area contributed by atoms with E-state index in [1.165, 1.54) is 11.3 Å². The topological polar surface area (TPSA) is 122 Å². The first-order chi connectivity index (χ1) is 15.5. The Balaban J connectivity index is 1.53. The molecule has 0 unspecified atom stereocenters. The molecule has 0 aliphatic carbocycles. The Hall–Kier alpha value is -3.98. The van der Waals surface area contributed by atoms with E-state index >= 15 is 0 Å². The molecule has 2 amide bonds. The van der Waals surface area contributed by atoms with Crippen LogP contribution in [-0.2, 0) is 0 Å². The summed E-state index contributed by atoms with van der Waals surface area (Å²) in [5.41, 5.74) is 8.46. The molecule has 0 aliphatic rings. The summed E-state index contributed by atoms with van der Waals surface area (Å²) in [6.07, 6.45) is 0. The predicted octanol–water partition coefficient (Wildman–Crippen LogP) is 3.98. The van der Waals surface area contributed by atoms with E-state index in [1.807, 2.05) is 37.3 Å². The number of amides is 2. The van der Waals surface area contributed by atoms with Crippen molar-refractivity contribution in [3.63, 3.8) is 0 Å². The fraction of sp³-hybridized carbons (Fsp3) is 0.130. The quantitative estimate of drug-likeness (QED) is 0.355. The van der Waals surface area contributed by atoms with Crippen LogP contribution in [0.4, 0.5) is 17.3 Å². The Labute approximate surface area is 188 Å². The van der Waals surface area contributed by atoms with Crippen LogP contribution in [0, 0.1) is 0 Å². The molecule has 3 aromatic heterocycles. The van der Waals surface area contributed by atoms with Crippen molar-refractivity contribution in [3.8, 4) is 11.3 Å². The van der Waals surface area contributed by atoms with Gasteiger partial charge in [-0.3, -0.25) is 9.59 Å². The molecular formula is C23H22N6O2S. The molecule has 32 heavy (non-hydrogen) atoms. The second-order valence-corrected chi connectivity index (χ2v) is 8.01. The number of pyridine rings is 2. The van der Waals surface area contributed by atoms with E-state index in [1.54, 1.807) is 31.3 Å². The van der Waals surface area contributed by atoms with E-state index in [4.69, 9.17) is 5.73 Å². The predicted molar refractivity (Wildman–Crippen MR) is 129 cm³/mol. The first-order valence-electron chi connectivity index (χ1n) is 10.0. The first kappa shape index (κ1) is 21.3. The molecule has 9 heteroatoms. The van der Waals surface area contributed by atoms with Gasteiger partial charge in [-0.25, -0.2) is 9.97 Å². The molecule has 5 N–H and O–H groups in total. The van der Waals surface area contributed by atoms with Gasteiger partial charge >= 0.3 is 0 Å². The third kappa shape index (κ3) is 4.37. The summed E-state index contributed by atoms with van der Waals surface area (Å²) in [6, 6.07) is 16.3. The number of carbonyl (C=O) groups excluding carboxylic acids is 2. The van der Waals surface area contributed by atoms with Gasteiger partial charge in [0.15, 0.2) is 0 Å². The molecule has 0 aliphatic heterocycles. The van der Waals surface area contributed by atoms with E-state index in [-0.39, 0.29) is 11.8 Å². The Kier molecular flexibility index (Phi) is 6.00. The molecule has 4 rings (SSSR count). The number of hydrogen-bond acceptors (Lipinski definition) is 7. The highest BCUT2D eigenvalue weighted by Gasteiger charge is 2.14. The largest absolute Gasteiger partial charge is 0.384 e. The number of anilines is 3. The lowest BCUT2D eigenvalue weighted by molar-refractivity contribution is 0.0962. The molecule has 0 atom stereocenters. The number of carbonyl (C=O) groups is 2. The van der Waals surface area contributed by atoms with Gasteiger partial charge in [0.05, 0.1) is 16.1 Å². The Bertz CT molecular complexity index is 1300. The average molecular weight is 447 g/mol. The standard InChI is InChI=1S/C23H22N6O2S/c1-3-26-20-16(21(30)25-2)9-10-17(28-20)13-4-7-15(8-5-13)27-22(31)18-12-14-6-11-19(24)29-23(14)32-18/h4-12H,3H2,1-2H3,(H2,24,29)(H,25,30)(H,26,28)(H,27,31). The lowest BCUT2D eigenvalue weighted by Gasteiger charge is -2.11. The molecular weight excluding hydrogens is 424 g/mol. The van der Waals surface area contributed by atoms with Crippen LogP contribution in [-0.4, -0.2) is 35.4 Å². The maximum absolute atomic E-state index is 12.7. The molecule has 0 saturated heterocycles. The van der Waals surface area contributed by atoms with Crippen molar-refractivity contribution >= 4 is 50.7 Å². The molecule has 0 radical (unpaired) electrons. The first-order valence-corrected chi connectivity index (χ1v) is 10.8. The average Bonchev–Trinajstić information content (AvgIpc) is 3.23. The van der Waals surface area contributed by atoms with Gasteiger partial charge in [0.1, 0.15) is 16.5 Å².